The summed E-state index contributed by atoms with van der Waals surface area (Å²) in [6.45, 7) is 3.85. The Morgan fingerprint density at radius 2 is 2.23 bits per heavy atom. The van der Waals surface area contributed by atoms with Crippen LogP contribution < -0.4 is 0 Å². The van der Waals surface area contributed by atoms with E-state index in [1.165, 1.54) is 0 Å². The number of carbonyl (C=O) groups is 1. The molecule has 1 rings (SSSR count). The van der Waals surface area contributed by atoms with Gasteiger partial charge >= 0.3 is 0 Å². The Balaban J connectivity index is 2.60. The summed E-state index contributed by atoms with van der Waals surface area (Å²) in [5, 5.41) is 8.71. The third kappa shape index (κ3) is 2.43. The van der Waals surface area contributed by atoms with Crippen LogP contribution in [0.15, 0.2) is 0 Å². The Bertz CT molecular complexity index is 234. The van der Waals surface area contributed by atoms with Gasteiger partial charge in [0.05, 0.1) is 18.7 Å². The molecule has 0 saturated carbocycles. The van der Waals surface area contributed by atoms with Gasteiger partial charge in [-0.2, -0.15) is 5.26 Å². The molecule has 1 fully saturated rings. The van der Waals surface area contributed by atoms with Crippen molar-refractivity contribution >= 4 is 5.91 Å². The second-order valence-electron chi connectivity index (χ2n) is 3.44. The molecule has 72 valence electrons. The molecule has 1 heterocycles. The summed E-state index contributed by atoms with van der Waals surface area (Å²) < 4.78 is 0. The lowest BCUT2D eigenvalue weighted by Crippen LogP contribution is -2.38. The molecule has 0 aliphatic carbocycles. The first-order valence-electron chi connectivity index (χ1n) is 4.53. The fourth-order valence-corrected chi connectivity index (χ4v) is 1.42. The maximum Gasteiger partial charge on any atom is 0.236 e. The summed E-state index contributed by atoms with van der Waals surface area (Å²) in [6, 6.07) is 2.00. The van der Waals surface area contributed by atoms with Gasteiger partial charge in [-0.25, -0.2) is 0 Å². The van der Waals surface area contributed by atoms with Crippen LogP contribution in [0.3, 0.4) is 0 Å². The molecule has 0 N–H and O–H groups in total. The minimum atomic E-state index is -0.157. The van der Waals surface area contributed by atoms with Gasteiger partial charge in [-0.15, -0.1) is 0 Å². The number of hydrogen-bond acceptors (Lipinski definition) is 3. The van der Waals surface area contributed by atoms with Crippen LogP contribution in [0.1, 0.15) is 13.3 Å². The standard InChI is InChI=1S/C9H15N3O/c1-8(6-10)12-5-3-4-11(2)9(13)7-12/h8H,3-5,7H2,1-2H3. The quantitative estimate of drug-likeness (QED) is 0.575. The molecule has 0 aromatic carbocycles. The number of amides is 1. The monoisotopic (exact) mass is 181 g/mol. The highest BCUT2D eigenvalue weighted by molar-refractivity contribution is 5.78. The van der Waals surface area contributed by atoms with Crippen LogP contribution >= 0.6 is 0 Å². The Morgan fingerprint density at radius 3 is 2.85 bits per heavy atom. The highest BCUT2D eigenvalue weighted by Crippen LogP contribution is 2.05. The summed E-state index contributed by atoms with van der Waals surface area (Å²) in [5.41, 5.74) is 0. The molecule has 1 atom stereocenters. The van der Waals surface area contributed by atoms with Crippen molar-refractivity contribution in [3.05, 3.63) is 0 Å². The van der Waals surface area contributed by atoms with E-state index in [4.69, 9.17) is 5.26 Å². The number of nitrogens with zero attached hydrogens (tertiary/aromatic N) is 3. The Kier molecular flexibility index (Phi) is 3.26. The third-order valence-corrected chi connectivity index (χ3v) is 2.44. The van der Waals surface area contributed by atoms with Crippen LogP contribution in [0, 0.1) is 11.3 Å². The van der Waals surface area contributed by atoms with E-state index >= 15 is 0 Å². The van der Waals surface area contributed by atoms with Gasteiger partial charge in [0.15, 0.2) is 0 Å². The van der Waals surface area contributed by atoms with E-state index in [0.717, 1.165) is 19.5 Å². The molecule has 1 amide bonds. The number of carbonyl (C=O) groups excluding carboxylic acids is 1. The SMILES string of the molecule is CC(C#N)N1CCCN(C)C(=O)C1. The van der Waals surface area contributed by atoms with Gasteiger partial charge in [0.1, 0.15) is 0 Å². The lowest BCUT2D eigenvalue weighted by Gasteiger charge is -2.21. The number of likely N-dealkylation sites (N-methyl/N-ethyl adjacent to an activating group) is 1. The molecule has 1 aliphatic heterocycles. The normalized spacial score (nSPS) is 22.2. The molecule has 1 saturated heterocycles. The molecule has 1 aliphatic rings. The summed E-state index contributed by atoms with van der Waals surface area (Å²) in [7, 11) is 1.81. The smallest absolute Gasteiger partial charge is 0.236 e. The maximum absolute atomic E-state index is 11.4. The molecule has 4 heteroatoms. The summed E-state index contributed by atoms with van der Waals surface area (Å²) >= 11 is 0. The van der Waals surface area contributed by atoms with Gasteiger partial charge in [0.2, 0.25) is 5.91 Å². The van der Waals surface area contributed by atoms with E-state index in [-0.39, 0.29) is 11.9 Å². The molecular formula is C9H15N3O. The molecule has 4 nitrogen and oxygen atoms in total. The lowest BCUT2D eigenvalue weighted by atomic mass is 10.3. The van der Waals surface area contributed by atoms with Crippen molar-refractivity contribution in [1.29, 1.82) is 5.26 Å². The second kappa shape index (κ2) is 4.24. The molecule has 0 bridgehead atoms. The first-order chi connectivity index (χ1) is 6.15. The van der Waals surface area contributed by atoms with E-state index < -0.39 is 0 Å². The zero-order valence-electron chi connectivity index (χ0n) is 8.16. The fraction of sp³-hybridized carbons (Fsp3) is 0.778. The molecule has 1 unspecified atom stereocenters. The molecule has 0 spiro atoms. The Hall–Kier alpha value is -1.08. The highest BCUT2D eigenvalue weighted by atomic mass is 16.2. The molecule has 0 radical (unpaired) electrons. The van der Waals surface area contributed by atoms with Crippen LogP contribution in [0.4, 0.5) is 0 Å². The van der Waals surface area contributed by atoms with Crippen LogP contribution in [-0.2, 0) is 4.79 Å². The van der Waals surface area contributed by atoms with Crippen LogP contribution in [0.5, 0.6) is 0 Å². The van der Waals surface area contributed by atoms with Crippen molar-refractivity contribution in [1.82, 2.24) is 9.80 Å². The predicted octanol–water partition coefficient (Wildman–Crippen LogP) is 0.0626. The summed E-state index contributed by atoms with van der Waals surface area (Å²) in [4.78, 5) is 15.1. The first-order valence-corrected chi connectivity index (χ1v) is 4.53. The van der Waals surface area contributed by atoms with Crippen molar-refractivity contribution in [2.75, 3.05) is 26.7 Å². The molecule has 0 aromatic heterocycles. The average Bonchev–Trinajstić information content (AvgIpc) is 2.28. The second-order valence-corrected chi connectivity index (χ2v) is 3.44. The summed E-state index contributed by atoms with van der Waals surface area (Å²) in [6.07, 6.45) is 0.953. The van der Waals surface area contributed by atoms with Crippen molar-refractivity contribution in [2.24, 2.45) is 0 Å². The zero-order chi connectivity index (χ0) is 9.84. The Morgan fingerprint density at radius 1 is 1.54 bits per heavy atom. The van der Waals surface area contributed by atoms with Gasteiger partial charge in [0.25, 0.3) is 0 Å². The molecular weight excluding hydrogens is 166 g/mol. The minimum absolute atomic E-state index is 0.111. The van der Waals surface area contributed by atoms with E-state index in [1.54, 1.807) is 4.90 Å². The largest absolute Gasteiger partial charge is 0.345 e. The first kappa shape index (κ1) is 10.0. The average molecular weight is 181 g/mol. The van der Waals surface area contributed by atoms with Gasteiger partial charge in [-0.05, 0) is 13.3 Å². The van der Waals surface area contributed by atoms with E-state index in [9.17, 15) is 4.79 Å². The predicted molar refractivity (Wildman–Crippen MR) is 48.9 cm³/mol. The molecule has 13 heavy (non-hydrogen) atoms. The van der Waals surface area contributed by atoms with Gasteiger partial charge < -0.3 is 4.90 Å². The topological polar surface area (TPSA) is 47.3 Å². The van der Waals surface area contributed by atoms with Crippen molar-refractivity contribution in [3.63, 3.8) is 0 Å². The lowest BCUT2D eigenvalue weighted by molar-refractivity contribution is -0.130. The van der Waals surface area contributed by atoms with Crippen LogP contribution in [0.2, 0.25) is 0 Å². The van der Waals surface area contributed by atoms with Gasteiger partial charge in [-0.3, -0.25) is 9.69 Å². The maximum atomic E-state index is 11.4. The van der Waals surface area contributed by atoms with Crippen molar-refractivity contribution < 1.29 is 4.79 Å². The number of nitriles is 1. The van der Waals surface area contributed by atoms with E-state index in [2.05, 4.69) is 6.07 Å². The van der Waals surface area contributed by atoms with Crippen molar-refractivity contribution in [3.8, 4) is 6.07 Å². The van der Waals surface area contributed by atoms with Crippen molar-refractivity contribution in [2.45, 2.75) is 19.4 Å². The molecule has 0 aromatic rings. The fourth-order valence-electron chi connectivity index (χ4n) is 1.42. The third-order valence-electron chi connectivity index (χ3n) is 2.44. The van der Waals surface area contributed by atoms with Crippen LogP contribution in [0.25, 0.3) is 0 Å². The van der Waals surface area contributed by atoms with E-state index in [0.29, 0.717) is 6.54 Å². The highest BCUT2D eigenvalue weighted by Gasteiger charge is 2.21. The zero-order valence-corrected chi connectivity index (χ0v) is 8.16. The minimum Gasteiger partial charge on any atom is -0.345 e. The number of rotatable bonds is 1. The van der Waals surface area contributed by atoms with E-state index in [1.807, 2.05) is 18.9 Å². The number of hydrogen-bond donors (Lipinski definition) is 0. The summed E-state index contributed by atoms with van der Waals surface area (Å²) in [5.74, 6) is 0.111. The van der Waals surface area contributed by atoms with Crippen LogP contribution in [-0.4, -0.2) is 48.4 Å². The Labute approximate surface area is 78.7 Å². The van der Waals surface area contributed by atoms with Gasteiger partial charge in [-0.1, -0.05) is 0 Å². The van der Waals surface area contributed by atoms with Gasteiger partial charge in [0, 0.05) is 20.1 Å².